The van der Waals surface area contributed by atoms with E-state index >= 15 is 0 Å². The maximum absolute atomic E-state index is 5.51. The molecule has 2 aromatic carbocycles. The number of rotatable bonds is 4. The van der Waals surface area contributed by atoms with Crippen molar-refractivity contribution in [3.63, 3.8) is 0 Å². The van der Waals surface area contributed by atoms with Gasteiger partial charge in [0.05, 0.1) is 0 Å². The molecule has 0 aliphatic carbocycles. The van der Waals surface area contributed by atoms with Crippen LogP contribution in [-0.4, -0.2) is 12.5 Å². The molecule has 0 aromatic heterocycles. The molecule has 4 nitrogen and oxygen atoms in total. The lowest BCUT2D eigenvalue weighted by atomic mass is 10.0. The van der Waals surface area contributed by atoms with Gasteiger partial charge in [0.15, 0.2) is 0 Å². The molecule has 0 fully saturated rings. The first-order chi connectivity index (χ1) is 9.85. The number of para-hydroxylation sites is 1. The largest absolute Gasteiger partial charge is 0.325 e. The van der Waals surface area contributed by atoms with Crippen LogP contribution in [0.1, 0.15) is 13.3 Å². The third-order valence-corrected chi connectivity index (χ3v) is 2.90. The second-order valence-electron chi connectivity index (χ2n) is 4.41. The molecule has 0 amide bonds. The molecule has 20 heavy (non-hydrogen) atoms. The van der Waals surface area contributed by atoms with Crippen LogP contribution in [0.25, 0.3) is 11.1 Å². The molecule has 2 aromatic rings. The first-order valence-electron chi connectivity index (χ1n) is 6.77. The molecule has 0 saturated carbocycles. The van der Waals surface area contributed by atoms with E-state index in [4.69, 9.17) is 5.84 Å². The van der Waals surface area contributed by atoms with Crippen molar-refractivity contribution in [1.29, 1.82) is 0 Å². The highest BCUT2D eigenvalue weighted by atomic mass is 15.3. The van der Waals surface area contributed by atoms with Crippen LogP contribution in [0.2, 0.25) is 0 Å². The normalized spacial score (nSPS) is 11.2. The lowest BCUT2D eigenvalue weighted by Crippen LogP contribution is -2.36. The molecular formula is C16H20N4. The van der Waals surface area contributed by atoms with E-state index in [1.54, 1.807) is 0 Å². The van der Waals surface area contributed by atoms with Gasteiger partial charge in [-0.1, -0.05) is 55.5 Å². The standard InChI is InChI=1S/C16H20N4/c1-2-12-18-16(20-17)19-15-11-7-6-10-14(15)13-8-4-3-5-9-13/h3-11H,2,12,17H2,1H3,(H2,18,19,20). The summed E-state index contributed by atoms with van der Waals surface area (Å²) in [7, 11) is 0. The fourth-order valence-corrected chi connectivity index (χ4v) is 1.93. The van der Waals surface area contributed by atoms with Gasteiger partial charge in [0.25, 0.3) is 0 Å². The zero-order chi connectivity index (χ0) is 14.2. The molecule has 4 heteroatoms. The highest BCUT2D eigenvalue weighted by Gasteiger charge is 2.05. The topological polar surface area (TPSA) is 62.4 Å². The van der Waals surface area contributed by atoms with Crippen molar-refractivity contribution in [2.45, 2.75) is 13.3 Å². The Balaban J connectivity index is 2.29. The molecule has 0 bridgehead atoms. The Morgan fingerprint density at radius 1 is 1.05 bits per heavy atom. The van der Waals surface area contributed by atoms with Gasteiger partial charge in [-0.05, 0) is 18.1 Å². The maximum atomic E-state index is 5.51. The zero-order valence-electron chi connectivity index (χ0n) is 11.6. The van der Waals surface area contributed by atoms with Gasteiger partial charge in [-0.25, -0.2) is 5.84 Å². The third-order valence-electron chi connectivity index (χ3n) is 2.90. The number of anilines is 1. The first kappa shape index (κ1) is 14.1. The lowest BCUT2D eigenvalue weighted by Gasteiger charge is -2.13. The molecule has 0 radical (unpaired) electrons. The molecule has 0 aliphatic heterocycles. The van der Waals surface area contributed by atoms with Crippen molar-refractivity contribution in [2.24, 2.45) is 10.8 Å². The Morgan fingerprint density at radius 3 is 2.45 bits per heavy atom. The van der Waals surface area contributed by atoms with Gasteiger partial charge in [0.1, 0.15) is 0 Å². The summed E-state index contributed by atoms with van der Waals surface area (Å²) >= 11 is 0. The molecule has 0 spiro atoms. The molecule has 104 valence electrons. The van der Waals surface area contributed by atoms with E-state index in [2.05, 4.69) is 40.9 Å². The van der Waals surface area contributed by atoms with Crippen LogP contribution in [0, 0.1) is 0 Å². The minimum atomic E-state index is 0.579. The highest BCUT2D eigenvalue weighted by Crippen LogP contribution is 2.27. The van der Waals surface area contributed by atoms with E-state index in [9.17, 15) is 0 Å². The number of benzene rings is 2. The summed E-state index contributed by atoms with van der Waals surface area (Å²) in [5.41, 5.74) is 5.85. The Morgan fingerprint density at radius 2 is 1.75 bits per heavy atom. The minimum absolute atomic E-state index is 0.579. The van der Waals surface area contributed by atoms with E-state index < -0.39 is 0 Å². The number of aliphatic imine (C=N–C) groups is 1. The number of guanidine groups is 1. The third kappa shape index (κ3) is 3.59. The summed E-state index contributed by atoms with van der Waals surface area (Å²) in [6, 6.07) is 18.3. The van der Waals surface area contributed by atoms with Gasteiger partial charge in [0, 0.05) is 17.8 Å². The molecule has 0 heterocycles. The molecule has 0 aliphatic rings. The van der Waals surface area contributed by atoms with E-state index in [0.29, 0.717) is 5.96 Å². The number of nitrogens with two attached hydrogens (primary N) is 1. The summed E-state index contributed by atoms with van der Waals surface area (Å²) < 4.78 is 0. The fourth-order valence-electron chi connectivity index (χ4n) is 1.93. The summed E-state index contributed by atoms with van der Waals surface area (Å²) in [4.78, 5) is 4.36. The van der Waals surface area contributed by atoms with Crippen molar-refractivity contribution in [1.82, 2.24) is 5.43 Å². The molecule has 0 unspecified atom stereocenters. The Kier molecular flexibility index (Phi) is 5.15. The SMILES string of the molecule is CCCN=C(NN)Nc1ccccc1-c1ccccc1. The lowest BCUT2D eigenvalue weighted by molar-refractivity contribution is 0.905. The summed E-state index contributed by atoms with van der Waals surface area (Å²) in [6.07, 6.45) is 0.979. The zero-order valence-corrected chi connectivity index (χ0v) is 11.6. The number of hydrogen-bond acceptors (Lipinski definition) is 2. The quantitative estimate of drug-likeness (QED) is 0.346. The Labute approximate surface area is 119 Å². The second kappa shape index (κ2) is 7.31. The van der Waals surface area contributed by atoms with E-state index in [1.165, 1.54) is 0 Å². The van der Waals surface area contributed by atoms with Crippen LogP contribution in [0.15, 0.2) is 59.6 Å². The predicted molar refractivity (Wildman–Crippen MR) is 85.4 cm³/mol. The van der Waals surface area contributed by atoms with Crippen LogP contribution >= 0.6 is 0 Å². The van der Waals surface area contributed by atoms with Gasteiger partial charge in [-0.3, -0.25) is 10.4 Å². The van der Waals surface area contributed by atoms with E-state index in [1.807, 2.05) is 36.4 Å². The van der Waals surface area contributed by atoms with E-state index in [-0.39, 0.29) is 0 Å². The highest BCUT2D eigenvalue weighted by molar-refractivity contribution is 5.97. The summed E-state index contributed by atoms with van der Waals surface area (Å²) in [5, 5.41) is 3.24. The van der Waals surface area contributed by atoms with Gasteiger partial charge in [0.2, 0.25) is 5.96 Å². The van der Waals surface area contributed by atoms with Gasteiger partial charge >= 0.3 is 0 Å². The van der Waals surface area contributed by atoms with Crippen molar-refractivity contribution in [3.05, 3.63) is 54.6 Å². The number of nitrogens with zero attached hydrogens (tertiary/aromatic N) is 1. The Bertz CT molecular complexity index is 564. The average Bonchev–Trinajstić information content (AvgIpc) is 2.52. The van der Waals surface area contributed by atoms with Crippen LogP contribution < -0.4 is 16.6 Å². The second-order valence-corrected chi connectivity index (χ2v) is 4.41. The van der Waals surface area contributed by atoms with Crippen molar-refractivity contribution in [3.8, 4) is 11.1 Å². The van der Waals surface area contributed by atoms with E-state index in [0.717, 1.165) is 29.8 Å². The molecular weight excluding hydrogens is 248 g/mol. The van der Waals surface area contributed by atoms with Crippen LogP contribution in [0.4, 0.5) is 5.69 Å². The number of nitrogens with one attached hydrogen (secondary N) is 2. The number of hydrazine groups is 1. The minimum Gasteiger partial charge on any atom is -0.325 e. The monoisotopic (exact) mass is 268 g/mol. The first-order valence-corrected chi connectivity index (χ1v) is 6.77. The van der Waals surface area contributed by atoms with Crippen LogP contribution in [0.3, 0.4) is 0 Å². The van der Waals surface area contributed by atoms with Crippen LogP contribution in [-0.2, 0) is 0 Å². The van der Waals surface area contributed by atoms with Crippen LogP contribution in [0.5, 0.6) is 0 Å². The van der Waals surface area contributed by atoms with Gasteiger partial charge in [-0.2, -0.15) is 0 Å². The molecule has 0 atom stereocenters. The molecule has 0 saturated heterocycles. The fraction of sp³-hybridized carbons (Fsp3) is 0.188. The Hall–Kier alpha value is -2.33. The molecule has 4 N–H and O–H groups in total. The van der Waals surface area contributed by atoms with Crippen molar-refractivity contribution in [2.75, 3.05) is 11.9 Å². The average molecular weight is 268 g/mol. The van der Waals surface area contributed by atoms with Gasteiger partial charge in [-0.15, -0.1) is 0 Å². The maximum Gasteiger partial charge on any atom is 0.210 e. The predicted octanol–water partition coefficient (Wildman–Crippen LogP) is 2.99. The van der Waals surface area contributed by atoms with Gasteiger partial charge < -0.3 is 5.32 Å². The van der Waals surface area contributed by atoms with Crippen molar-refractivity contribution < 1.29 is 0 Å². The molecule has 2 rings (SSSR count). The smallest absolute Gasteiger partial charge is 0.210 e. The summed E-state index contributed by atoms with van der Waals surface area (Å²) in [5.74, 6) is 6.09. The van der Waals surface area contributed by atoms with Crippen molar-refractivity contribution >= 4 is 11.6 Å². The number of hydrogen-bond donors (Lipinski definition) is 3. The summed E-state index contributed by atoms with van der Waals surface area (Å²) in [6.45, 7) is 2.82.